The van der Waals surface area contributed by atoms with Crippen LogP contribution in [0.25, 0.3) is 0 Å². The van der Waals surface area contributed by atoms with Crippen molar-refractivity contribution in [1.29, 1.82) is 0 Å². The van der Waals surface area contributed by atoms with Crippen molar-refractivity contribution in [2.45, 2.75) is 183 Å². The van der Waals surface area contributed by atoms with Gasteiger partial charge in [0.25, 0.3) is 0 Å². The zero-order valence-electron chi connectivity index (χ0n) is 52.6. The summed E-state index contributed by atoms with van der Waals surface area (Å²) >= 11 is 4.03. The van der Waals surface area contributed by atoms with Gasteiger partial charge in [-0.05, 0) is 59.3 Å². The highest BCUT2D eigenvalue weighted by Crippen LogP contribution is 2.23. The molecule has 3 aliphatic heterocycles. The zero-order chi connectivity index (χ0) is 71.9. The van der Waals surface area contributed by atoms with Gasteiger partial charge in [-0.1, -0.05) is 0 Å². The van der Waals surface area contributed by atoms with Crippen LogP contribution in [0.1, 0.15) is 105 Å². The van der Waals surface area contributed by atoms with Crippen LogP contribution < -0.4 is 87.6 Å². The molecule has 0 aromatic rings. The Morgan fingerprint density at radius 2 is 0.621 bits per heavy atom. The van der Waals surface area contributed by atoms with Gasteiger partial charge in [0.05, 0.1) is 45.6 Å². The van der Waals surface area contributed by atoms with Gasteiger partial charge in [-0.3, -0.25) is 91.1 Å². The third kappa shape index (κ3) is 24.3. The molecule has 19 amide bonds. The molecule has 95 heavy (non-hydrogen) atoms. The van der Waals surface area contributed by atoms with E-state index in [2.05, 4.69) is 70.5 Å². The lowest BCUT2D eigenvalue weighted by Gasteiger charge is -2.31. The number of methoxy groups -OCH3 is 1. The highest BCUT2D eigenvalue weighted by atomic mass is 32.1. The second kappa shape index (κ2) is 36.9. The molecule has 0 radical (unpaired) electrons. The number of nitrogens with one attached hydrogen (secondary N) is 10. The topological polar surface area (TPSA) is 637 Å². The van der Waals surface area contributed by atoms with E-state index in [0.717, 1.165) is 42.6 Å². The molecule has 40 nitrogen and oxygen atoms in total. The summed E-state index contributed by atoms with van der Waals surface area (Å²) < 4.78 is 4.57. The fourth-order valence-corrected chi connectivity index (χ4v) is 10.6. The normalized spacial score (nSPS) is 18.8. The quantitative estimate of drug-likeness (QED) is 0.0205. The first-order chi connectivity index (χ1) is 44.4. The van der Waals surface area contributed by atoms with E-state index in [9.17, 15) is 95.9 Å². The van der Waals surface area contributed by atoms with Gasteiger partial charge in [-0.25, -0.2) is 4.79 Å². The summed E-state index contributed by atoms with van der Waals surface area (Å²) in [5, 5.41) is 22.9. The third-order valence-corrected chi connectivity index (χ3v) is 15.3. The number of carbonyl (C=O) groups is 20. The number of carbonyl (C=O) groups excluding carboxylic acids is 20. The monoisotopic (exact) mass is 1370 g/mol. The molecule has 3 heterocycles. The molecule has 0 unspecified atom stereocenters. The first-order valence-corrected chi connectivity index (χ1v) is 30.3. The Morgan fingerprint density at radius 3 is 0.874 bits per heavy atom. The van der Waals surface area contributed by atoms with Gasteiger partial charge in [0.15, 0.2) is 0 Å². The van der Waals surface area contributed by atoms with Crippen molar-refractivity contribution in [3.05, 3.63) is 0 Å². The second-order valence-corrected chi connectivity index (χ2v) is 23.0. The zero-order valence-corrected chi connectivity index (χ0v) is 53.5. The molecule has 0 bridgehead atoms. The maximum atomic E-state index is 14.2. The van der Waals surface area contributed by atoms with Crippen LogP contribution in [0, 0.1) is 0 Å². The molecule has 22 N–H and O–H groups in total. The van der Waals surface area contributed by atoms with E-state index >= 15 is 0 Å². The van der Waals surface area contributed by atoms with Crippen molar-refractivity contribution in [3.8, 4) is 0 Å². The van der Waals surface area contributed by atoms with Crippen molar-refractivity contribution in [3.63, 3.8) is 0 Å². The van der Waals surface area contributed by atoms with E-state index < -0.39 is 235 Å². The average molecular weight is 1370 g/mol. The lowest BCUT2D eigenvalue weighted by atomic mass is 10.1. The maximum Gasteiger partial charge on any atom is 0.328 e. The van der Waals surface area contributed by atoms with Crippen molar-refractivity contribution in [1.82, 2.24) is 67.9 Å². The van der Waals surface area contributed by atoms with Gasteiger partial charge in [-0.2, -0.15) is 12.6 Å². The molecule has 0 aliphatic carbocycles. The molecule has 3 rings (SSSR count). The maximum absolute atomic E-state index is 14.2. The molecule has 3 fully saturated rings. The number of nitrogens with zero attached hydrogens (tertiary/aromatic N) is 3. The van der Waals surface area contributed by atoms with Gasteiger partial charge >= 0.3 is 5.97 Å². The van der Waals surface area contributed by atoms with Crippen molar-refractivity contribution >= 4 is 131 Å². The highest BCUT2D eigenvalue weighted by Gasteiger charge is 2.44. The van der Waals surface area contributed by atoms with Crippen LogP contribution in [-0.2, 0) is 101 Å². The standard InChI is InChI=1S/C54H83N19O21S/c1-22(43(82)69-30(19-40(59)79)52(91)72-13-7-10-34(72)50(89)67-28(17-38(57)77)46(85)63-24(3)54(93)94-5)61-44(83)26(15-36(55)75)65-48(87)33-9-6-12-71(33)51(90)29(18-39(58)78)68-42(81)23(2)62-45(84)27(16-37(56)76)66-49(88)35-11-8-14-73(35)53(92)31(20-41(60)80)70-47(86)32(21-95)64-25(4)74/h22-24,26-35,95H,6-21H2,1-5H3,(H2,55,75)(H2,56,76)(H2,57,77)(H2,58,78)(H2,59,79)(H2,60,80)(H,61,83)(H,62,84)(H,63,85)(H,64,74)(H,65,87)(H,66,88)(H,67,89)(H,68,81)(H,69,82)(H,70,86)/t22-,23-,24-,26-,27-,28-,29-,30-,31-,32-,33-,34-,35-/m0/s1. The largest absolute Gasteiger partial charge is 0.467 e. The highest BCUT2D eigenvalue weighted by molar-refractivity contribution is 7.80. The van der Waals surface area contributed by atoms with Gasteiger partial charge in [0.2, 0.25) is 112 Å². The number of primary amides is 6. The average Bonchev–Trinajstić information content (AvgIpc) is 1.77. The predicted molar refractivity (Wildman–Crippen MR) is 325 cm³/mol. The fourth-order valence-electron chi connectivity index (χ4n) is 10.4. The lowest BCUT2D eigenvalue weighted by molar-refractivity contribution is -0.145. The Bertz CT molecular complexity index is 3030. The smallest absolute Gasteiger partial charge is 0.328 e. The number of rotatable bonds is 36. The minimum Gasteiger partial charge on any atom is -0.467 e. The van der Waals surface area contributed by atoms with Gasteiger partial charge in [-0.15, -0.1) is 0 Å². The number of amides is 19. The fraction of sp³-hybridized carbons (Fsp3) is 0.630. The Kier molecular flexibility index (Phi) is 30.6. The van der Waals surface area contributed by atoms with Gasteiger partial charge < -0.3 is 107 Å². The van der Waals surface area contributed by atoms with E-state index in [1.807, 2.05) is 0 Å². The predicted octanol–water partition coefficient (Wildman–Crippen LogP) is -11.8. The number of nitrogens with two attached hydrogens (primary N) is 6. The number of ether oxygens (including phenoxy) is 1. The van der Waals surface area contributed by atoms with E-state index in [0.29, 0.717) is 0 Å². The van der Waals surface area contributed by atoms with Crippen LogP contribution in [0.4, 0.5) is 0 Å². The second-order valence-electron chi connectivity index (χ2n) is 22.6. The molecule has 0 spiro atoms. The summed E-state index contributed by atoms with van der Waals surface area (Å²) in [5.41, 5.74) is 32.3. The summed E-state index contributed by atoms with van der Waals surface area (Å²) in [6.07, 6.45) is -4.65. The Balaban J connectivity index is 1.74. The number of esters is 1. The van der Waals surface area contributed by atoms with E-state index in [1.165, 1.54) is 6.92 Å². The number of hydrogen-bond donors (Lipinski definition) is 17. The molecule has 3 saturated heterocycles. The molecule has 0 aromatic carbocycles. The molecular formula is C54H83N19O21S. The lowest BCUT2D eigenvalue weighted by Crippen LogP contribution is -2.61. The minimum atomic E-state index is -1.87. The number of hydrogen-bond acceptors (Lipinski definition) is 22. The van der Waals surface area contributed by atoms with Gasteiger partial charge in [0.1, 0.15) is 78.5 Å². The summed E-state index contributed by atoms with van der Waals surface area (Å²) in [6, 6.07) is -20.5. The Morgan fingerprint density at radius 1 is 0.368 bits per heavy atom. The third-order valence-electron chi connectivity index (χ3n) is 15.0. The number of likely N-dealkylation sites (tertiary alicyclic amines) is 3. The van der Waals surface area contributed by atoms with Crippen molar-refractivity contribution in [2.75, 3.05) is 32.5 Å². The molecule has 41 heteroatoms. The first kappa shape index (κ1) is 79.0. The van der Waals surface area contributed by atoms with E-state index in [4.69, 9.17) is 34.4 Å². The first-order valence-electron chi connectivity index (χ1n) is 29.7. The van der Waals surface area contributed by atoms with Crippen LogP contribution in [0.3, 0.4) is 0 Å². The van der Waals surface area contributed by atoms with E-state index in [-0.39, 0.29) is 63.9 Å². The molecular weight excluding hydrogens is 1280 g/mol. The summed E-state index contributed by atoms with van der Waals surface area (Å²) in [6.45, 7) is 4.16. The van der Waals surface area contributed by atoms with Crippen LogP contribution in [0.15, 0.2) is 0 Å². The summed E-state index contributed by atoms with van der Waals surface area (Å²) in [4.78, 5) is 264. The Hall–Kier alpha value is -10.2. The Labute approximate surface area is 547 Å². The van der Waals surface area contributed by atoms with Crippen LogP contribution >= 0.6 is 12.6 Å². The molecule has 0 aromatic heterocycles. The van der Waals surface area contributed by atoms with Crippen LogP contribution in [0.2, 0.25) is 0 Å². The number of thiol groups is 1. The van der Waals surface area contributed by atoms with Crippen molar-refractivity contribution in [2.24, 2.45) is 34.4 Å². The van der Waals surface area contributed by atoms with Crippen LogP contribution in [-0.4, -0.2) is 244 Å². The molecule has 3 aliphatic rings. The summed E-state index contributed by atoms with van der Waals surface area (Å²) in [7, 11) is 1.06. The SMILES string of the molecule is COC(=O)[C@H](C)NC(=O)[C@H](CC(N)=O)NC(=O)[C@@H]1CCCN1C(=O)[C@H](CC(N)=O)NC(=O)[C@H](C)NC(=O)[C@H](CC(N)=O)NC(=O)[C@@H]1CCCN1C(=O)[C@H](CC(N)=O)NC(=O)[C@H](C)NC(=O)[C@H](CC(N)=O)NC(=O)[C@@H]1CCCN1C(=O)[C@H](CC(N)=O)NC(=O)[C@H](CS)NC(C)=O. The molecule has 0 saturated carbocycles. The van der Waals surface area contributed by atoms with Crippen molar-refractivity contribution < 1.29 is 101 Å². The molecule has 13 atom stereocenters. The van der Waals surface area contributed by atoms with Gasteiger partial charge in [0, 0.05) is 32.3 Å². The van der Waals surface area contributed by atoms with Crippen LogP contribution in [0.5, 0.6) is 0 Å². The minimum absolute atomic E-state index is 0.0140. The van der Waals surface area contributed by atoms with E-state index in [1.54, 1.807) is 0 Å². The summed E-state index contributed by atoms with van der Waals surface area (Å²) in [5.74, 6) is -21.0. The molecule has 526 valence electrons.